The number of carbonyl (C=O) groups is 1. The molecule has 120 valence electrons. The third-order valence-corrected chi connectivity index (χ3v) is 4.32. The normalized spacial score (nSPS) is 21.5. The second-order valence-electron chi connectivity index (χ2n) is 6.52. The van der Waals surface area contributed by atoms with Crippen molar-refractivity contribution in [2.75, 3.05) is 19.7 Å². The number of aliphatic hydroxyl groups excluding tert-OH is 1. The van der Waals surface area contributed by atoms with Gasteiger partial charge in [-0.2, -0.15) is 0 Å². The molecule has 1 atom stereocenters. The maximum Gasteiger partial charge on any atom is 0.254 e. The van der Waals surface area contributed by atoms with Crippen molar-refractivity contribution in [3.8, 4) is 5.75 Å². The van der Waals surface area contributed by atoms with Gasteiger partial charge in [-0.15, -0.1) is 0 Å². The average Bonchev–Trinajstić information content (AvgIpc) is 2.52. The van der Waals surface area contributed by atoms with Crippen LogP contribution in [0.2, 0.25) is 0 Å². The number of amides is 1. The predicted octanol–water partition coefficient (Wildman–Crippen LogP) is 2.96. The molecule has 1 amide bonds. The fraction of sp³-hybridized carbons (Fsp3) is 0.500. The van der Waals surface area contributed by atoms with Crippen LogP contribution in [0.3, 0.4) is 0 Å². The largest absolute Gasteiger partial charge is 0.508 e. The first-order valence-electron chi connectivity index (χ1n) is 7.78. The standard InChI is InChI=1S/C18H25NO3/c1-14(2)7-9-18(13-20)8-4-10-19(12-18)17(22)15-5-3-6-16(21)11-15/h3,5-7,11,20-21H,4,8-10,12-13H2,1-2H3/t18-/m1/s1. The molecular formula is C18H25NO3. The third kappa shape index (κ3) is 3.89. The quantitative estimate of drug-likeness (QED) is 0.841. The summed E-state index contributed by atoms with van der Waals surface area (Å²) in [5, 5.41) is 19.4. The maximum absolute atomic E-state index is 12.6. The summed E-state index contributed by atoms with van der Waals surface area (Å²) in [6.45, 7) is 5.43. The van der Waals surface area contributed by atoms with Crippen LogP contribution in [-0.2, 0) is 0 Å². The summed E-state index contributed by atoms with van der Waals surface area (Å²) in [6.07, 6.45) is 4.74. The lowest BCUT2D eigenvalue weighted by molar-refractivity contribution is 0.0284. The van der Waals surface area contributed by atoms with Gasteiger partial charge in [-0.1, -0.05) is 17.7 Å². The number of carbonyl (C=O) groups excluding carboxylic acids is 1. The molecule has 1 saturated heterocycles. The minimum absolute atomic E-state index is 0.0781. The Balaban J connectivity index is 2.15. The molecule has 1 aliphatic rings. The molecule has 1 aliphatic heterocycles. The van der Waals surface area contributed by atoms with E-state index in [2.05, 4.69) is 6.08 Å². The van der Waals surface area contributed by atoms with Crippen LogP contribution in [0, 0.1) is 5.41 Å². The second-order valence-corrected chi connectivity index (χ2v) is 6.52. The molecule has 4 nitrogen and oxygen atoms in total. The number of allylic oxidation sites excluding steroid dienone is 2. The van der Waals surface area contributed by atoms with Crippen LogP contribution in [0.4, 0.5) is 0 Å². The van der Waals surface area contributed by atoms with Crippen LogP contribution < -0.4 is 0 Å². The van der Waals surface area contributed by atoms with Gasteiger partial charge in [0.1, 0.15) is 5.75 Å². The van der Waals surface area contributed by atoms with Crippen LogP contribution in [0.15, 0.2) is 35.9 Å². The molecule has 0 saturated carbocycles. The van der Waals surface area contributed by atoms with E-state index in [-0.39, 0.29) is 23.7 Å². The minimum Gasteiger partial charge on any atom is -0.508 e. The molecule has 0 radical (unpaired) electrons. The van der Waals surface area contributed by atoms with Crippen molar-refractivity contribution in [2.24, 2.45) is 5.41 Å². The number of aliphatic hydroxyl groups is 1. The number of hydrogen-bond acceptors (Lipinski definition) is 3. The number of hydrogen-bond donors (Lipinski definition) is 2. The van der Waals surface area contributed by atoms with Crippen molar-refractivity contribution < 1.29 is 15.0 Å². The van der Waals surface area contributed by atoms with Crippen LogP contribution in [0.5, 0.6) is 5.75 Å². The number of piperidine rings is 1. The Hall–Kier alpha value is -1.81. The van der Waals surface area contributed by atoms with E-state index in [1.54, 1.807) is 23.1 Å². The lowest BCUT2D eigenvalue weighted by atomic mass is 9.77. The smallest absolute Gasteiger partial charge is 0.254 e. The first-order chi connectivity index (χ1) is 10.5. The van der Waals surface area contributed by atoms with E-state index in [9.17, 15) is 15.0 Å². The third-order valence-electron chi connectivity index (χ3n) is 4.32. The lowest BCUT2D eigenvalue weighted by Gasteiger charge is -2.41. The zero-order valence-electron chi connectivity index (χ0n) is 13.4. The van der Waals surface area contributed by atoms with Gasteiger partial charge in [-0.25, -0.2) is 0 Å². The van der Waals surface area contributed by atoms with E-state index in [1.165, 1.54) is 11.6 Å². The predicted molar refractivity (Wildman–Crippen MR) is 86.8 cm³/mol. The second kappa shape index (κ2) is 6.97. The number of nitrogens with zero attached hydrogens (tertiary/aromatic N) is 1. The Morgan fingerprint density at radius 1 is 1.41 bits per heavy atom. The number of likely N-dealkylation sites (tertiary alicyclic amines) is 1. The van der Waals surface area contributed by atoms with E-state index in [4.69, 9.17) is 0 Å². The van der Waals surface area contributed by atoms with E-state index < -0.39 is 0 Å². The van der Waals surface area contributed by atoms with Gasteiger partial charge in [-0.05, 0) is 51.3 Å². The summed E-state index contributed by atoms with van der Waals surface area (Å²) in [6, 6.07) is 6.44. The van der Waals surface area contributed by atoms with Crippen molar-refractivity contribution in [3.63, 3.8) is 0 Å². The van der Waals surface area contributed by atoms with E-state index >= 15 is 0 Å². The number of phenols is 1. The maximum atomic E-state index is 12.6. The van der Waals surface area contributed by atoms with Gasteiger partial charge >= 0.3 is 0 Å². The summed E-state index contributed by atoms with van der Waals surface area (Å²) in [4.78, 5) is 14.4. The van der Waals surface area contributed by atoms with Crippen molar-refractivity contribution in [3.05, 3.63) is 41.5 Å². The Kier molecular flexibility index (Phi) is 5.24. The molecule has 1 aromatic carbocycles. The Labute approximate surface area is 132 Å². The molecule has 2 N–H and O–H groups in total. The van der Waals surface area contributed by atoms with E-state index in [0.717, 1.165) is 19.3 Å². The minimum atomic E-state index is -0.248. The molecule has 0 unspecified atom stereocenters. The van der Waals surface area contributed by atoms with E-state index in [1.807, 2.05) is 13.8 Å². The molecule has 0 bridgehead atoms. The highest BCUT2D eigenvalue weighted by atomic mass is 16.3. The van der Waals surface area contributed by atoms with Gasteiger partial charge in [0.15, 0.2) is 0 Å². The van der Waals surface area contributed by atoms with Gasteiger partial charge in [0.2, 0.25) is 0 Å². The van der Waals surface area contributed by atoms with Gasteiger partial charge in [0.25, 0.3) is 5.91 Å². The first-order valence-corrected chi connectivity index (χ1v) is 7.78. The van der Waals surface area contributed by atoms with Crippen LogP contribution >= 0.6 is 0 Å². The first kappa shape index (κ1) is 16.6. The molecule has 1 heterocycles. The Morgan fingerprint density at radius 2 is 2.18 bits per heavy atom. The number of benzene rings is 1. The lowest BCUT2D eigenvalue weighted by Crippen LogP contribution is -2.47. The summed E-state index contributed by atoms with van der Waals surface area (Å²) in [7, 11) is 0. The van der Waals surface area contributed by atoms with Crippen molar-refractivity contribution in [1.82, 2.24) is 4.90 Å². The summed E-state index contributed by atoms with van der Waals surface area (Å²) >= 11 is 0. The van der Waals surface area contributed by atoms with Gasteiger partial charge in [0, 0.05) is 24.1 Å². The highest BCUT2D eigenvalue weighted by Gasteiger charge is 2.36. The van der Waals surface area contributed by atoms with Crippen LogP contribution in [-0.4, -0.2) is 40.7 Å². The van der Waals surface area contributed by atoms with Crippen molar-refractivity contribution in [2.45, 2.75) is 33.1 Å². The Bertz CT molecular complexity index is 563. The molecule has 4 heteroatoms. The van der Waals surface area contributed by atoms with Crippen LogP contribution in [0.1, 0.15) is 43.5 Å². The summed E-state index contributed by atoms with van der Waals surface area (Å²) in [5.74, 6) is 0.0199. The SMILES string of the molecule is CC(C)=CC[C@]1(CO)CCCN(C(=O)c2cccc(O)c2)C1. The molecule has 0 spiro atoms. The molecular weight excluding hydrogens is 278 g/mol. The highest BCUT2D eigenvalue weighted by Crippen LogP contribution is 2.34. The van der Waals surface area contributed by atoms with Gasteiger partial charge in [0.05, 0.1) is 6.61 Å². The number of rotatable bonds is 4. The zero-order chi connectivity index (χ0) is 16.2. The summed E-state index contributed by atoms with van der Waals surface area (Å²) < 4.78 is 0. The average molecular weight is 303 g/mol. The molecule has 22 heavy (non-hydrogen) atoms. The summed E-state index contributed by atoms with van der Waals surface area (Å²) in [5.41, 5.74) is 1.47. The monoisotopic (exact) mass is 303 g/mol. The van der Waals surface area contributed by atoms with E-state index in [0.29, 0.717) is 18.7 Å². The molecule has 0 aliphatic carbocycles. The molecule has 2 rings (SSSR count). The fourth-order valence-electron chi connectivity index (χ4n) is 2.98. The number of phenolic OH excluding ortho intramolecular Hbond substituents is 1. The molecule has 1 fully saturated rings. The highest BCUT2D eigenvalue weighted by molar-refractivity contribution is 5.94. The van der Waals surface area contributed by atoms with Crippen molar-refractivity contribution in [1.29, 1.82) is 0 Å². The van der Waals surface area contributed by atoms with Gasteiger partial charge < -0.3 is 15.1 Å². The molecule has 0 aromatic heterocycles. The van der Waals surface area contributed by atoms with Crippen molar-refractivity contribution >= 4 is 5.91 Å². The Morgan fingerprint density at radius 3 is 2.82 bits per heavy atom. The molecule has 1 aromatic rings. The topological polar surface area (TPSA) is 60.8 Å². The number of aromatic hydroxyl groups is 1. The fourth-order valence-corrected chi connectivity index (χ4v) is 2.98. The zero-order valence-corrected chi connectivity index (χ0v) is 13.4. The van der Waals surface area contributed by atoms with Crippen LogP contribution in [0.25, 0.3) is 0 Å². The van der Waals surface area contributed by atoms with Gasteiger partial charge in [-0.3, -0.25) is 4.79 Å².